The van der Waals surface area contributed by atoms with Gasteiger partial charge in [0.1, 0.15) is 6.04 Å². The van der Waals surface area contributed by atoms with Crippen molar-refractivity contribution < 1.29 is 14.7 Å². The molecule has 20 heavy (non-hydrogen) atoms. The van der Waals surface area contributed by atoms with Gasteiger partial charge in [0.25, 0.3) is 0 Å². The number of hydrogen-bond donors (Lipinski definition) is 1. The lowest BCUT2D eigenvalue weighted by Gasteiger charge is -2.27. The Hall–Kier alpha value is -1.36. The fraction of sp³-hybridized carbons (Fsp3) is 0.467. The highest BCUT2D eigenvalue weighted by molar-refractivity contribution is 9.10. The fourth-order valence-corrected chi connectivity index (χ4v) is 3.33. The molecule has 1 saturated carbocycles. The molecular weight excluding hydrogens is 322 g/mol. The van der Waals surface area contributed by atoms with Crippen LogP contribution in [0.5, 0.6) is 0 Å². The second-order valence-electron chi connectivity index (χ2n) is 5.58. The molecule has 1 saturated heterocycles. The van der Waals surface area contributed by atoms with Crippen molar-refractivity contribution >= 4 is 27.8 Å². The molecule has 1 heterocycles. The SMILES string of the molecule is O=C(O)[C@H]1CCCN1C(=O)C1(c2ccc(Br)cc2)CC1. The van der Waals surface area contributed by atoms with Crippen LogP contribution >= 0.6 is 15.9 Å². The molecule has 5 heteroatoms. The van der Waals surface area contributed by atoms with Crippen molar-refractivity contribution in [2.45, 2.75) is 37.1 Å². The van der Waals surface area contributed by atoms with Crippen molar-refractivity contribution in [1.29, 1.82) is 0 Å². The maximum absolute atomic E-state index is 12.8. The maximum atomic E-state index is 12.8. The third-order valence-corrected chi connectivity index (χ3v) is 4.88. The summed E-state index contributed by atoms with van der Waals surface area (Å²) in [6, 6.07) is 7.14. The molecule has 1 N–H and O–H groups in total. The van der Waals surface area contributed by atoms with E-state index < -0.39 is 17.4 Å². The number of hydrogen-bond acceptors (Lipinski definition) is 2. The van der Waals surface area contributed by atoms with Gasteiger partial charge in [-0.1, -0.05) is 28.1 Å². The quantitative estimate of drug-likeness (QED) is 0.922. The van der Waals surface area contributed by atoms with E-state index in [1.165, 1.54) is 0 Å². The Morgan fingerprint density at radius 1 is 1.25 bits per heavy atom. The molecule has 1 aliphatic carbocycles. The number of likely N-dealkylation sites (tertiary alicyclic amines) is 1. The Bertz CT molecular complexity index is 551. The van der Waals surface area contributed by atoms with E-state index in [9.17, 15) is 14.7 Å². The van der Waals surface area contributed by atoms with Gasteiger partial charge in [0.05, 0.1) is 5.41 Å². The third-order valence-electron chi connectivity index (χ3n) is 4.35. The first kappa shape index (κ1) is 13.6. The van der Waals surface area contributed by atoms with Gasteiger partial charge in [-0.3, -0.25) is 4.79 Å². The number of carbonyl (C=O) groups excluding carboxylic acids is 1. The summed E-state index contributed by atoms with van der Waals surface area (Å²) in [6.45, 7) is 0.564. The number of carboxylic acids is 1. The summed E-state index contributed by atoms with van der Waals surface area (Å²) >= 11 is 3.39. The van der Waals surface area contributed by atoms with E-state index in [0.717, 1.165) is 29.3 Å². The molecule has 0 bridgehead atoms. The Kier molecular flexibility index (Phi) is 3.32. The summed E-state index contributed by atoms with van der Waals surface area (Å²) in [5, 5.41) is 9.23. The van der Waals surface area contributed by atoms with Crippen LogP contribution in [-0.4, -0.2) is 34.5 Å². The molecule has 1 aromatic carbocycles. The monoisotopic (exact) mass is 337 g/mol. The molecule has 2 aliphatic rings. The first-order chi connectivity index (χ1) is 9.54. The second kappa shape index (κ2) is 4.88. The Morgan fingerprint density at radius 3 is 2.45 bits per heavy atom. The lowest BCUT2D eigenvalue weighted by Crippen LogP contribution is -2.45. The Labute approximate surface area is 125 Å². The van der Waals surface area contributed by atoms with Gasteiger partial charge < -0.3 is 10.0 Å². The highest BCUT2D eigenvalue weighted by Gasteiger charge is 2.55. The summed E-state index contributed by atoms with van der Waals surface area (Å²) in [5.41, 5.74) is 0.528. The van der Waals surface area contributed by atoms with E-state index in [-0.39, 0.29) is 5.91 Å². The van der Waals surface area contributed by atoms with E-state index in [2.05, 4.69) is 15.9 Å². The van der Waals surface area contributed by atoms with Crippen molar-refractivity contribution in [1.82, 2.24) is 4.90 Å². The van der Waals surface area contributed by atoms with Crippen LogP contribution in [0.3, 0.4) is 0 Å². The van der Waals surface area contributed by atoms with Crippen LogP contribution in [0, 0.1) is 0 Å². The van der Waals surface area contributed by atoms with Gasteiger partial charge in [-0.2, -0.15) is 0 Å². The highest BCUT2D eigenvalue weighted by atomic mass is 79.9. The predicted octanol–water partition coefficient (Wildman–Crippen LogP) is 2.56. The Balaban J connectivity index is 1.86. The topological polar surface area (TPSA) is 57.6 Å². The molecule has 2 fully saturated rings. The smallest absolute Gasteiger partial charge is 0.326 e. The second-order valence-corrected chi connectivity index (χ2v) is 6.50. The van der Waals surface area contributed by atoms with Crippen molar-refractivity contribution in [3.8, 4) is 0 Å². The number of halogens is 1. The largest absolute Gasteiger partial charge is 0.480 e. The molecular formula is C15H16BrNO3. The summed E-state index contributed by atoms with van der Waals surface area (Å²) < 4.78 is 0.981. The van der Waals surface area contributed by atoms with Crippen LogP contribution in [0.4, 0.5) is 0 Å². The molecule has 3 rings (SSSR count). The first-order valence-corrected chi connectivity index (χ1v) is 7.64. The van der Waals surface area contributed by atoms with Gasteiger partial charge in [-0.15, -0.1) is 0 Å². The summed E-state index contributed by atoms with van der Waals surface area (Å²) in [7, 11) is 0. The van der Waals surface area contributed by atoms with Crippen LogP contribution in [0.2, 0.25) is 0 Å². The van der Waals surface area contributed by atoms with E-state index in [1.807, 2.05) is 24.3 Å². The lowest BCUT2D eigenvalue weighted by atomic mass is 9.94. The molecule has 106 valence electrons. The summed E-state index contributed by atoms with van der Waals surface area (Å²) in [6.07, 6.45) is 2.98. The molecule has 0 spiro atoms. The fourth-order valence-electron chi connectivity index (χ4n) is 3.06. The van der Waals surface area contributed by atoms with Crippen LogP contribution in [0.1, 0.15) is 31.2 Å². The molecule has 0 unspecified atom stereocenters. The van der Waals surface area contributed by atoms with Crippen LogP contribution < -0.4 is 0 Å². The minimum Gasteiger partial charge on any atom is -0.480 e. The van der Waals surface area contributed by atoms with E-state index >= 15 is 0 Å². The number of aliphatic carboxylic acids is 1. The number of amides is 1. The number of nitrogens with zero attached hydrogens (tertiary/aromatic N) is 1. The van der Waals surface area contributed by atoms with Crippen LogP contribution in [0.15, 0.2) is 28.7 Å². The predicted molar refractivity (Wildman–Crippen MR) is 77.4 cm³/mol. The minimum atomic E-state index is -0.887. The molecule has 0 radical (unpaired) electrons. The van der Waals surface area contributed by atoms with Gasteiger partial charge in [-0.05, 0) is 43.4 Å². The third kappa shape index (κ3) is 2.14. The summed E-state index contributed by atoms with van der Waals surface area (Å²) in [5.74, 6) is -0.896. The van der Waals surface area contributed by atoms with Crippen molar-refractivity contribution in [3.63, 3.8) is 0 Å². The minimum absolute atomic E-state index is 0.00952. The van der Waals surface area contributed by atoms with Crippen molar-refractivity contribution in [2.24, 2.45) is 0 Å². The van der Waals surface area contributed by atoms with Crippen LogP contribution in [-0.2, 0) is 15.0 Å². The van der Waals surface area contributed by atoms with Gasteiger partial charge in [0.15, 0.2) is 0 Å². The highest BCUT2D eigenvalue weighted by Crippen LogP contribution is 2.50. The molecule has 1 atom stereocenters. The Morgan fingerprint density at radius 2 is 1.90 bits per heavy atom. The first-order valence-electron chi connectivity index (χ1n) is 6.84. The standard InChI is InChI=1S/C15H16BrNO3/c16-11-5-3-10(4-6-11)15(7-8-15)14(20)17-9-1-2-12(17)13(18)19/h3-6,12H,1-2,7-9H2,(H,18,19)/t12-/m1/s1. The van der Waals surface area contributed by atoms with Gasteiger partial charge in [0, 0.05) is 11.0 Å². The van der Waals surface area contributed by atoms with Gasteiger partial charge in [-0.25, -0.2) is 4.79 Å². The normalized spacial score (nSPS) is 23.6. The zero-order valence-electron chi connectivity index (χ0n) is 11.0. The zero-order chi connectivity index (χ0) is 14.3. The van der Waals surface area contributed by atoms with Crippen molar-refractivity contribution in [3.05, 3.63) is 34.3 Å². The molecule has 4 nitrogen and oxygen atoms in total. The average molecular weight is 338 g/mol. The number of benzene rings is 1. The zero-order valence-corrected chi connectivity index (χ0v) is 12.6. The van der Waals surface area contributed by atoms with Crippen LogP contribution in [0.25, 0.3) is 0 Å². The number of carbonyl (C=O) groups is 2. The van der Waals surface area contributed by atoms with E-state index in [1.54, 1.807) is 4.90 Å². The lowest BCUT2D eigenvalue weighted by molar-refractivity contribution is -0.149. The van der Waals surface area contributed by atoms with Gasteiger partial charge in [0.2, 0.25) is 5.91 Å². The molecule has 1 aliphatic heterocycles. The summed E-state index contributed by atoms with van der Waals surface area (Å²) in [4.78, 5) is 25.6. The number of rotatable bonds is 3. The van der Waals surface area contributed by atoms with Crippen molar-refractivity contribution in [2.75, 3.05) is 6.54 Å². The molecule has 1 amide bonds. The average Bonchev–Trinajstić information content (AvgIpc) is 3.08. The molecule has 0 aromatic heterocycles. The number of carboxylic acid groups (broad SMARTS) is 1. The maximum Gasteiger partial charge on any atom is 0.326 e. The molecule has 1 aromatic rings. The van der Waals surface area contributed by atoms with Gasteiger partial charge >= 0.3 is 5.97 Å². The van der Waals surface area contributed by atoms with E-state index in [4.69, 9.17) is 0 Å². The van der Waals surface area contributed by atoms with E-state index in [0.29, 0.717) is 13.0 Å².